The maximum absolute atomic E-state index is 13.0. The Morgan fingerprint density at radius 2 is 1.82 bits per heavy atom. The van der Waals surface area contributed by atoms with Crippen LogP contribution in [-0.4, -0.2) is 57.3 Å². The lowest BCUT2D eigenvalue weighted by atomic mass is 10.1. The number of hydrogen-bond acceptors (Lipinski definition) is 6. The maximum Gasteiger partial charge on any atom is 0.252 e. The van der Waals surface area contributed by atoms with Gasteiger partial charge in [0.25, 0.3) is 5.91 Å². The van der Waals surface area contributed by atoms with Crippen molar-refractivity contribution in [3.63, 3.8) is 0 Å². The predicted octanol–water partition coefficient (Wildman–Crippen LogP) is 3.53. The van der Waals surface area contributed by atoms with Gasteiger partial charge in [-0.05, 0) is 48.9 Å². The van der Waals surface area contributed by atoms with Gasteiger partial charge in [-0.2, -0.15) is 15.6 Å². The van der Waals surface area contributed by atoms with Crippen molar-refractivity contribution in [2.75, 3.05) is 42.9 Å². The molecule has 3 rings (SSSR count). The Morgan fingerprint density at radius 1 is 1.09 bits per heavy atom. The van der Waals surface area contributed by atoms with Crippen LogP contribution in [0.1, 0.15) is 49.9 Å². The zero-order valence-corrected chi connectivity index (χ0v) is 20.8. The molecule has 0 spiro atoms. The number of nitrogens with zero attached hydrogens (tertiary/aromatic N) is 2. The molecule has 2 N–H and O–H groups in total. The van der Waals surface area contributed by atoms with Gasteiger partial charge in [0, 0.05) is 50.1 Å². The third-order valence-corrected chi connectivity index (χ3v) is 8.43. The third kappa shape index (κ3) is 6.33. The zero-order chi connectivity index (χ0) is 23.8. The molecule has 1 fully saturated rings. The molecule has 1 aliphatic rings. The first-order valence-corrected chi connectivity index (χ1v) is 13.7. The minimum absolute atomic E-state index is 0.0857. The van der Waals surface area contributed by atoms with Gasteiger partial charge in [0.1, 0.15) is 0 Å². The van der Waals surface area contributed by atoms with Gasteiger partial charge in [0.2, 0.25) is 15.9 Å². The van der Waals surface area contributed by atoms with Crippen LogP contribution >= 0.6 is 11.3 Å². The molecule has 0 atom stereocenters. The summed E-state index contributed by atoms with van der Waals surface area (Å²) in [6.45, 7) is 6.27. The van der Waals surface area contributed by atoms with Gasteiger partial charge in [-0.1, -0.05) is 13.8 Å². The molecule has 2 aromatic rings. The van der Waals surface area contributed by atoms with Gasteiger partial charge in [0.05, 0.1) is 16.3 Å². The van der Waals surface area contributed by atoms with Gasteiger partial charge >= 0.3 is 0 Å². The smallest absolute Gasteiger partial charge is 0.252 e. The summed E-state index contributed by atoms with van der Waals surface area (Å²) < 4.78 is 27.5. The van der Waals surface area contributed by atoms with Crippen LogP contribution < -0.4 is 15.5 Å². The molecule has 0 saturated carbocycles. The number of amides is 2. The van der Waals surface area contributed by atoms with Crippen LogP contribution in [0.25, 0.3) is 0 Å². The van der Waals surface area contributed by atoms with Crippen LogP contribution in [-0.2, 0) is 14.8 Å². The Balaban J connectivity index is 1.76. The fourth-order valence-electron chi connectivity index (χ4n) is 3.90. The number of anilines is 2. The van der Waals surface area contributed by atoms with Crippen molar-refractivity contribution >= 4 is 44.5 Å². The standard InChI is InChI=1S/C23H32N4O4S2/c1-3-27(4-2)33(30,31)19-8-9-21(26-13-6-5-7-14-26)20(16-19)25-22(28)10-12-24-23(29)18-11-15-32-17-18/h8-9,11,15-17H,3-7,10,12-14H2,1-2H3,(H,24,29)(H,25,28). The van der Waals surface area contributed by atoms with Gasteiger partial charge in [-0.25, -0.2) is 8.42 Å². The van der Waals surface area contributed by atoms with Crippen LogP contribution in [0.5, 0.6) is 0 Å². The molecular weight excluding hydrogens is 460 g/mol. The summed E-state index contributed by atoms with van der Waals surface area (Å²) >= 11 is 1.44. The molecule has 10 heteroatoms. The monoisotopic (exact) mass is 492 g/mol. The molecule has 1 aromatic carbocycles. The first kappa shape index (κ1) is 25.2. The van der Waals surface area contributed by atoms with Gasteiger partial charge < -0.3 is 15.5 Å². The van der Waals surface area contributed by atoms with Crippen molar-refractivity contribution in [2.24, 2.45) is 0 Å². The number of carbonyl (C=O) groups excluding carboxylic acids is 2. The second kappa shape index (κ2) is 11.6. The molecule has 2 amide bonds. The highest BCUT2D eigenvalue weighted by Crippen LogP contribution is 2.32. The summed E-state index contributed by atoms with van der Waals surface area (Å²) in [6, 6.07) is 6.69. The molecule has 0 unspecified atom stereocenters. The molecule has 33 heavy (non-hydrogen) atoms. The summed E-state index contributed by atoms with van der Waals surface area (Å²) in [5.41, 5.74) is 1.88. The number of carbonyl (C=O) groups is 2. The van der Waals surface area contributed by atoms with Crippen molar-refractivity contribution < 1.29 is 18.0 Å². The lowest BCUT2D eigenvalue weighted by Crippen LogP contribution is -2.32. The van der Waals surface area contributed by atoms with E-state index in [0.717, 1.165) is 38.0 Å². The Hall–Kier alpha value is -2.43. The molecule has 1 saturated heterocycles. The SMILES string of the molecule is CCN(CC)S(=O)(=O)c1ccc(N2CCCCC2)c(NC(=O)CCNC(=O)c2ccsc2)c1. The van der Waals surface area contributed by atoms with Crippen molar-refractivity contribution in [3.8, 4) is 0 Å². The molecule has 1 aliphatic heterocycles. The minimum atomic E-state index is -3.65. The number of benzene rings is 1. The molecular formula is C23H32N4O4S2. The van der Waals surface area contributed by atoms with Crippen molar-refractivity contribution in [1.82, 2.24) is 9.62 Å². The van der Waals surface area contributed by atoms with Crippen LogP contribution in [0, 0.1) is 0 Å². The van der Waals surface area contributed by atoms with Crippen LogP contribution in [0.2, 0.25) is 0 Å². The second-order valence-corrected chi connectivity index (χ2v) is 10.6. The molecule has 180 valence electrons. The lowest BCUT2D eigenvalue weighted by molar-refractivity contribution is -0.116. The Kier molecular flexibility index (Phi) is 8.87. The summed E-state index contributed by atoms with van der Waals surface area (Å²) in [5.74, 6) is -0.498. The molecule has 0 radical (unpaired) electrons. The number of piperidine rings is 1. The number of rotatable bonds is 10. The molecule has 0 bridgehead atoms. The number of thiophene rings is 1. The fourth-order valence-corrected chi connectivity index (χ4v) is 6.02. The first-order chi connectivity index (χ1) is 15.9. The average molecular weight is 493 g/mol. The highest BCUT2D eigenvalue weighted by Gasteiger charge is 2.24. The molecule has 0 aliphatic carbocycles. The first-order valence-electron chi connectivity index (χ1n) is 11.4. The Bertz CT molecular complexity index is 1040. The van der Waals surface area contributed by atoms with Crippen molar-refractivity contribution in [1.29, 1.82) is 0 Å². The van der Waals surface area contributed by atoms with Crippen molar-refractivity contribution in [2.45, 2.75) is 44.4 Å². The molecule has 2 heterocycles. The van der Waals surface area contributed by atoms with Crippen LogP contribution in [0.4, 0.5) is 11.4 Å². The van der Waals surface area contributed by atoms with Gasteiger partial charge in [-0.15, -0.1) is 0 Å². The van der Waals surface area contributed by atoms with E-state index < -0.39 is 10.0 Å². The highest BCUT2D eigenvalue weighted by atomic mass is 32.2. The van der Waals surface area contributed by atoms with Crippen molar-refractivity contribution in [3.05, 3.63) is 40.6 Å². The topological polar surface area (TPSA) is 98.8 Å². The number of hydrogen-bond donors (Lipinski definition) is 2. The molecule has 8 nitrogen and oxygen atoms in total. The highest BCUT2D eigenvalue weighted by molar-refractivity contribution is 7.89. The quantitative estimate of drug-likeness (QED) is 0.529. The Morgan fingerprint density at radius 3 is 2.45 bits per heavy atom. The van der Waals surface area contributed by atoms with E-state index in [-0.39, 0.29) is 29.7 Å². The molecule has 1 aromatic heterocycles. The van der Waals surface area contributed by atoms with E-state index >= 15 is 0 Å². The Labute approximate surface area is 200 Å². The summed E-state index contributed by atoms with van der Waals surface area (Å²) in [5, 5.41) is 9.20. The van der Waals surface area contributed by atoms with E-state index in [2.05, 4.69) is 15.5 Å². The van der Waals surface area contributed by atoms with Gasteiger partial charge in [0.15, 0.2) is 0 Å². The lowest BCUT2D eigenvalue weighted by Gasteiger charge is -2.31. The van der Waals surface area contributed by atoms with E-state index in [1.54, 1.807) is 43.5 Å². The fraction of sp³-hybridized carbons (Fsp3) is 0.478. The normalized spacial score (nSPS) is 14.3. The average Bonchev–Trinajstić information content (AvgIpc) is 3.35. The summed E-state index contributed by atoms with van der Waals surface area (Å²) in [6.07, 6.45) is 3.36. The third-order valence-electron chi connectivity index (χ3n) is 5.70. The van der Waals surface area contributed by atoms with E-state index in [1.807, 2.05) is 5.38 Å². The van der Waals surface area contributed by atoms with E-state index in [1.165, 1.54) is 15.6 Å². The summed E-state index contributed by atoms with van der Waals surface area (Å²) in [4.78, 5) is 27.1. The van der Waals surface area contributed by atoms with Gasteiger partial charge in [-0.3, -0.25) is 9.59 Å². The minimum Gasteiger partial charge on any atom is -0.370 e. The largest absolute Gasteiger partial charge is 0.370 e. The van der Waals surface area contributed by atoms with E-state index in [4.69, 9.17) is 0 Å². The van der Waals surface area contributed by atoms with E-state index in [0.29, 0.717) is 24.3 Å². The second-order valence-electron chi connectivity index (χ2n) is 7.88. The van der Waals surface area contributed by atoms with E-state index in [9.17, 15) is 18.0 Å². The summed E-state index contributed by atoms with van der Waals surface area (Å²) in [7, 11) is -3.65. The maximum atomic E-state index is 13.0. The number of sulfonamides is 1. The van der Waals surface area contributed by atoms with Crippen LogP contribution in [0.15, 0.2) is 39.9 Å². The number of nitrogens with one attached hydrogen (secondary N) is 2. The zero-order valence-electron chi connectivity index (χ0n) is 19.2. The van der Waals surface area contributed by atoms with Crippen LogP contribution in [0.3, 0.4) is 0 Å². The predicted molar refractivity (Wildman–Crippen MR) is 133 cm³/mol.